The molecule has 0 bridgehead atoms. The highest BCUT2D eigenvalue weighted by atomic mass is 32.1. The van der Waals surface area contributed by atoms with Gasteiger partial charge in [0.15, 0.2) is 5.11 Å². The van der Waals surface area contributed by atoms with Crippen molar-refractivity contribution in [1.29, 1.82) is 0 Å². The minimum Gasteiger partial charge on any atom is -0.493 e. The van der Waals surface area contributed by atoms with Crippen LogP contribution >= 0.6 is 12.2 Å². The molecule has 0 aliphatic rings. The first-order valence-electron chi connectivity index (χ1n) is 11.5. The highest BCUT2D eigenvalue weighted by molar-refractivity contribution is 7.80. The molecule has 3 aromatic rings. The second-order valence-corrected chi connectivity index (χ2v) is 9.52. The van der Waals surface area contributed by atoms with Crippen LogP contribution in [0.3, 0.4) is 0 Å². The fourth-order valence-electron chi connectivity index (χ4n) is 3.29. The molecule has 0 spiro atoms. The smallest absolute Gasteiger partial charge is 0.261 e. The summed E-state index contributed by atoms with van der Waals surface area (Å²) in [6.07, 6.45) is 0.843. The summed E-state index contributed by atoms with van der Waals surface area (Å²) in [4.78, 5) is 25.2. The monoisotopic (exact) mass is 489 g/mol. The number of anilines is 2. The van der Waals surface area contributed by atoms with Gasteiger partial charge in [0.05, 0.1) is 12.2 Å². The molecule has 182 valence electrons. The summed E-state index contributed by atoms with van der Waals surface area (Å²) in [6.45, 7) is 8.93. The number of para-hydroxylation sites is 1. The fourth-order valence-corrected chi connectivity index (χ4v) is 3.50. The van der Waals surface area contributed by atoms with Gasteiger partial charge in [-0.25, -0.2) is 0 Å². The van der Waals surface area contributed by atoms with Crippen molar-refractivity contribution in [3.63, 3.8) is 0 Å². The van der Waals surface area contributed by atoms with Crippen molar-refractivity contribution in [2.45, 2.75) is 39.5 Å². The van der Waals surface area contributed by atoms with E-state index in [0.29, 0.717) is 34.9 Å². The van der Waals surface area contributed by atoms with Gasteiger partial charge in [-0.3, -0.25) is 14.9 Å². The molecule has 35 heavy (non-hydrogen) atoms. The number of carbonyl (C=O) groups excluding carboxylic acids is 2. The lowest BCUT2D eigenvalue weighted by Crippen LogP contribution is -2.34. The normalized spacial score (nSPS) is 10.9. The zero-order valence-corrected chi connectivity index (χ0v) is 21.3. The zero-order chi connectivity index (χ0) is 25.4. The molecule has 7 heteroatoms. The van der Waals surface area contributed by atoms with Gasteiger partial charge in [-0.15, -0.1) is 0 Å². The van der Waals surface area contributed by atoms with Crippen LogP contribution in [0, 0.1) is 0 Å². The van der Waals surface area contributed by atoms with Crippen LogP contribution in [0.1, 0.15) is 60.4 Å². The van der Waals surface area contributed by atoms with Gasteiger partial charge in [0.2, 0.25) is 0 Å². The Bertz CT molecular complexity index is 1180. The average molecular weight is 490 g/mol. The molecular weight excluding hydrogens is 458 g/mol. The van der Waals surface area contributed by atoms with Crippen molar-refractivity contribution in [3.05, 3.63) is 89.5 Å². The summed E-state index contributed by atoms with van der Waals surface area (Å²) in [6, 6.07) is 21.7. The molecule has 2 amide bonds. The van der Waals surface area contributed by atoms with Crippen molar-refractivity contribution >= 4 is 40.5 Å². The van der Waals surface area contributed by atoms with Crippen LogP contribution in [0.2, 0.25) is 0 Å². The van der Waals surface area contributed by atoms with Gasteiger partial charge in [0.25, 0.3) is 11.8 Å². The molecule has 0 saturated heterocycles. The van der Waals surface area contributed by atoms with Crippen LogP contribution in [-0.4, -0.2) is 23.5 Å². The molecule has 3 rings (SSSR count). The van der Waals surface area contributed by atoms with Gasteiger partial charge in [-0.1, -0.05) is 52.0 Å². The summed E-state index contributed by atoms with van der Waals surface area (Å²) in [7, 11) is 0. The van der Waals surface area contributed by atoms with Gasteiger partial charge >= 0.3 is 0 Å². The number of carbonyl (C=O) groups is 2. The second kappa shape index (κ2) is 11.6. The van der Waals surface area contributed by atoms with Gasteiger partial charge in [-0.05, 0) is 78.1 Å². The average Bonchev–Trinajstić information content (AvgIpc) is 2.83. The Balaban J connectivity index is 1.56. The van der Waals surface area contributed by atoms with Gasteiger partial charge < -0.3 is 15.4 Å². The Morgan fingerprint density at radius 3 is 2.03 bits per heavy atom. The fraction of sp³-hybridized carbons (Fsp3) is 0.250. The number of rotatable bonds is 7. The zero-order valence-electron chi connectivity index (χ0n) is 20.5. The lowest BCUT2D eigenvalue weighted by atomic mass is 9.87. The van der Waals surface area contributed by atoms with E-state index in [1.54, 1.807) is 42.5 Å². The molecular formula is C28H31N3O3S. The quantitative estimate of drug-likeness (QED) is 0.347. The van der Waals surface area contributed by atoms with E-state index >= 15 is 0 Å². The first-order valence-corrected chi connectivity index (χ1v) is 11.9. The largest absolute Gasteiger partial charge is 0.493 e. The van der Waals surface area contributed by atoms with Crippen LogP contribution < -0.4 is 20.7 Å². The first-order chi connectivity index (χ1) is 16.7. The van der Waals surface area contributed by atoms with E-state index in [9.17, 15) is 9.59 Å². The Kier molecular flexibility index (Phi) is 8.60. The predicted octanol–water partition coefficient (Wildman–Crippen LogP) is 6.15. The summed E-state index contributed by atoms with van der Waals surface area (Å²) in [5.74, 6) is -0.0173. The van der Waals surface area contributed by atoms with Crippen molar-refractivity contribution in [3.8, 4) is 5.75 Å². The molecule has 0 aliphatic heterocycles. The lowest BCUT2D eigenvalue weighted by molar-refractivity contribution is 0.0972. The number of hydrogen-bond donors (Lipinski definition) is 3. The van der Waals surface area contributed by atoms with Crippen LogP contribution in [0.15, 0.2) is 72.8 Å². The third-order valence-corrected chi connectivity index (χ3v) is 5.44. The molecule has 3 N–H and O–H groups in total. The molecule has 6 nitrogen and oxygen atoms in total. The van der Waals surface area contributed by atoms with E-state index in [1.165, 1.54) is 5.56 Å². The molecule has 0 atom stereocenters. The van der Waals surface area contributed by atoms with E-state index in [0.717, 1.165) is 6.42 Å². The molecule has 0 heterocycles. The second-order valence-electron chi connectivity index (χ2n) is 9.11. The standard InChI is InChI=1S/C28H31N3O3S/c1-5-18-34-24-9-7-6-8-23(24)26(33)31-27(35)30-22-16-14-21(15-17-22)29-25(32)19-10-12-20(13-11-19)28(2,3)4/h6-17H,5,18H2,1-4H3,(H,29,32)(H2,30,31,33,35). The Hall–Kier alpha value is -3.71. The van der Waals surface area contributed by atoms with Gasteiger partial charge in [-0.2, -0.15) is 0 Å². The summed E-state index contributed by atoms with van der Waals surface area (Å²) >= 11 is 5.29. The molecule has 3 aromatic carbocycles. The SMILES string of the molecule is CCCOc1ccccc1C(=O)NC(=S)Nc1ccc(NC(=O)c2ccc(C(C)(C)C)cc2)cc1. The highest BCUT2D eigenvalue weighted by Gasteiger charge is 2.15. The van der Waals surface area contributed by atoms with E-state index in [1.807, 2.05) is 37.3 Å². The van der Waals surface area contributed by atoms with Crippen LogP contribution in [0.5, 0.6) is 5.75 Å². The maximum Gasteiger partial charge on any atom is 0.261 e. The van der Waals surface area contributed by atoms with E-state index < -0.39 is 0 Å². The number of amides is 2. The van der Waals surface area contributed by atoms with Crippen molar-refractivity contribution in [2.75, 3.05) is 17.2 Å². The lowest BCUT2D eigenvalue weighted by Gasteiger charge is -2.19. The maximum absolute atomic E-state index is 12.6. The van der Waals surface area contributed by atoms with Crippen molar-refractivity contribution < 1.29 is 14.3 Å². The number of nitrogens with one attached hydrogen (secondary N) is 3. The molecule has 0 aliphatic carbocycles. The Labute approximate surface area is 212 Å². The topological polar surface area (TPSA) is 79.5 Å². The van der Waals surface area contributed by atoms with Gasteiger partial charge in [0, 0.05) is 16.9 Å². The molecule has 0 radical (unpaired) electrons. The summed E-state index contributed by atoms with van der Waals surface area (Å²) < 4.78 is 5.65. The molecule has 0 aromatic heterocycles. The summed E-state index contributed by atoms with van der Waals surface area (Å²) in [5, 5.41) is 8.71. The Morgan fingerprint density at radius 1 is 0.829 bits per heavy atom. The number of hydrogen-bond acceptors (Lipinski definition) is 4. The number of benzene rings is 3. The molecule has 0 unspecified atom stereocenters. The highest BCUT2D eigenvalue weighted by Crippen LogP contribution is 2.23. The van der Waals surface area contributed by atoms with Crippen LogP contribution in [0.4, 0.5) is 11.4 Å². The van der Waals surface area contributed by atoms with Gasteiger partial charge in [0.1, 0.15) is 5.75 Å². The van der Waals surface area contributed by atoms with Crippen molar-refractivity contribution in [2.24, 2.45) is 0 Å². The van der Waals surface area contributed by atoms with E-state index in [4.69, 9.17) is 17.0 Å². The number of thiocarbonyl (C=S) groups is 1. The van der Waals surface area contributed by atoms with Crippen LogP contribution in [-0.2, 0) is 5.41 Å². The third-order valence-electron chi connectivity index (χ3n) is 5.23. The van der Waals surface area contributed by atoms with E-state index in [2.05, 4.69) is 36.7 Å². The first kappa shape index (κ1) is 25.9. The molecule has 0 saturated carbocycles. The minimum atomic E-state index is -0.351. The van der Waals surface area contributed by atoms with Crippen molar-refractivity contribution in [1.82, 2.24) is 5.32 Å². The van der Waals surface area contributed by atoms with Crippen LogP contribution in [0.25, 0.3) is 0 Å². The summed E-state index contributed by atoms with van der Waals surface area (Å²) in [5.41, 5.74) is 3.54. The molecule has 0 fully saturated rings. The van der Waals surface area contributed by atoms with E-state index in [-0.39, 0.29) is 22.3 Å². The third kappa shape index (κ3) is 7.39. The maximum atomic E-state index is 12.6. The predicted molar refractivity (Wildman–Crippen MR) is 145 cm³/mol. The minimum absolute atomic E-state index is 0.0318. The Morgan fingerprint density at radius 2 is 1.43 bits per heavy atom. The number of ether oxygens (including phenoxy) is 1.